The number of rotatable bonds is 4. The van der Waals surface area contributed by atoms with Crippen LogP contribution in [0.1, 0.15) is 43.2 Å². The molecule has 1 atom stereocenters. The van der Waals surface area contributed by atoms with E-state index in [2.05, 4.69) is 36.9 Å². The molecule has 0 aliphatic carbocycles. The van der Waals surface area contributed by atoms with Crippen LogP contribution in [0.2, 0.25) is 0 Å². The van der Waals surface area contributed by atoms with Crippen LogP contribution in [0.25, 0.3) is 0 Å². The van der Waals surface area contributed by atoms with Crippen LogP contribution in [0.5, 0.6) is 0 Å². The molecule has 1 aliphatic rings. The number of hydrogen-bond acceptors (Lipinski definition) is 2. The summed E-state index contributed by atoms with van der Waals surface area (Å²) in [5.41, 5.74) is 3.92. The summed E-state index contributed by atoms with van der Waals surface area (Å²) in [6, 6.07) is 6.78. The smallest absolute Gasteiger partial charge is 0.303 e. The van der Waals surface area contributed by atoms with Gasteiger partial charge in [0.1, 0.15) is 0 Å². The molecular weight excluding hydrogens is 238 g/mol. The van der Waals surface area contributed by atoms with Gasteiger partial charge in [0, 0.05) is 24.7 Å². The molecule has 0 aromatic heterocycles. The molecule has 1 heterocycles. The summed E-state index contributed by atoms with van der Waals surface area (Å²) >= 11 is 0. The van der Waals surface area contributed by atoms with Gasteiger partial charge in [0.2, 0.25) is 0 Å². The van der Waals surface area contributed by atoms with Gasteiger partial charge in [-0.1, -0.05) is 12.1 Å². The lowest BCUT2D eigenvalue weighted by Gasteiger charge is -2.38. The van der Waals surface area contributed by atoms with Gasteiger partial charge >= 0.3 is 5.97 Å². The quantitative estimate of drug-likeness (QED) is 0.901. The van der Waals surface area contributed by atoms with Crippen molar-refractivity contribution >= 4 is 11.7 Å². The first kappa shape index (κ1) is 13.9. The van der Waals surface area contributed by atoms with E-state index in [0.717, 1.165) is 19.4 Å². The van der Waals surface area contributed by atoms with Crippen molar-refractivity contribution < 1.29 is 9.90 Å². The number of carboxylic acids is 1. The zero-order valence-electron chi connectivity index (χ0n) is 11.9. The van der Waals surface area contributed by atoms with Crippen LogP contribution in [0, 0.1) is 13.8 Å². The molecule has 3 nitrogen and oxygen atoms in total. The predicted molar refractivity (Wildman–Crippen MR) is 77.8 cm³/mol. The third-order valence-electron chi connectivity index (χ3n) is 4.20. The SMILES string of the molecule is Cc1cccc(N2CCCCC2CCC(=O)O)c1C. The summed E-state index contributed by atoms with van der Waals surface area (Å²) in [5.74, 6) is -0.688. The van der Waals surface area contributed by atoms with Gasteiger partial charge in [0.05, 0.1) is 0 Å². The van der Waals surface area contributed by atoms with Crippen molar-refractivity contribution in [2.24, 2.45) is 0 Å². The fourth-order valence-electron chi connectivity index (χ4n) is 2.95. The molecule has 0 radical (unpaired) electrons. The lowest BCUT2D eigenvalue weighted by Crippen LogP contribution is -2.40. The number of nitrogens with zero attached hydrogens (tertiary/aromatic N) is 1. The van der Waals surface area contributed by atoms with Crippen LogP contribution in [0.4, 0.5) is 5.69 Å². The van der Waals surface area contributed by atoms with E-state index >= 15 is 0 Å². The minimum atomic E-state index is -0.688. The molecule has 0 spiro atoms. The van der Waals surface area contributed by atoms with Gasteiger partial charge in [-0.25, -0.2) is 0 Å². The van der Waals surface area contributed by atoms with E-state index in [4.69, 9.17) is 5.11 Å². The summed E-state index contributed by atoms with van der Waals surface area (Å²) in [5, 5.41) is 8.88. The maximum absolute atomic E-state index is 10.8. The largest absolute Gasteiger partial charge is 0.481 e. The summed E-state index contributed by atoms with van der Waals surface area (Å²) < 4.78 is 0. The number of carbonyl (C=O) groups is 1. The van der Waals surface area contributed by atoms with E-state index in [1.54, 1.807) is 0 Å². The second kappa shape index (κ2) is 6.09. The minimum absolute atomic E-state index is 0.270. The third-order valence-corrected chi connectivity index (χ3v) is 4.20. The average molecular weight is 261 g/mol. The van der Waals surface area contributed by atoms with E-state index in [0.29, 0.717) is 6.04 Å². The highest BCUT2D eigenvalue weighted by molar-refractivity contribution is 5.67. The Kier molecular flexibility index (Phi) is 4.46. The van der Waals surface area contributed by atoms with Gasteiger partial charge < -0.3 is 10.0 Å². The highest BCUT2D eigenvalue weighted by Gasteiger charge is 2.24. The molecular formula is C16H23NO2. The highest BCUT2D eigenvalue weighted by atomic mass is 16.4. The zero-order chi connectivity index (χ0) is 13.8. The van der Waals surface area contributed by atoms with E-state index in [1.165, 1.54) is 29.7 Å². The Hall–Kier alpha value is -1.51. The molecule has 0 saturated carbocycles. The van der Waals surface area contributed by atoms with Gasteiger partial charge in [-0.05, 0) is 56.7 Å². The van der Waals surface area contributed by atoms with Crippen LogP contribution in [0.15, 0.2) is 18.2 Å². The van der Waals surface area contributed by atoms with Crippen molar-refractivity contribution in [1.82, 2.24) is 0 Å². The van der Waals surface area contributed by atoms with E-state index in [-0.39, 0.29) is 6.42 Å². The molecule has 104 valence electrons. The van der Waals surface area contributed by atoms with E-state index < -0.39 is 5.97 Å². The third kappa shape index (κ3) is 3.28. The van der Waals surface area contributed by atoms with Crippen molar-refractivity contribution in [3.8, 4) is 0 Å². The topological polar surface area (TPSA) is 40.5 Å². The average Bonchev–Trinajstić information content (AvgIpc) is 2.40. The lowest BCUT2D eigenvalue weighted by molar-refractivity contribution is -0.137. The first-order chi connectivity index (χ1) is 9.09. The highest BCUT2D eigenvalue weighted by Crippen LogP contribution is 2.30. The van der Waals surface area contributed by atoms with E-state index in [1.807, 2.05) is 0 Å². The summed E-state index contributed by atoms with van der Waals surface area (Å²) in [7, 11) is 0. The lowest BCUT2D eigenvalue weighted by atomic mass is 9.95. The van der Waals surface area contributed by atoms with Crippen LogP contribution in [0.3, 0.4) is 0 Å². The van der Waals surface area contributed by atoms with Crippen molar-refractivity contribution in [3.63, 3.8) is 0 Å². The molecule has 0 amide bonds. The summed E-state index contributed by atoms with van der Waals surface area (Å²) in [6.07, 6.45) is 4.55. The zero-order valence-corrected chi connectivity index (χ0v) is 11.9. The fourth-order valence-corrected chi connectivity index (χ4v) is 2.95. The Bertz CT molecular complexity index is 456. The van der Waals surface area contributed by atoms with Gasteiger partial charge in [0.15, 0.2) is 0 Å². The number of hydrogen-bond donors (Lipinski definition) is 1. The first-order valence-electron chi connectivity index (χ1n) is 7.14. The van der Waals surface area contributed by atoms with Crippen LogP contribution >= 0.6 is 0 Å². The van der Waals surface area contributed by atoms with Crippen molar-refractivity contribution in [2.45, 2.75) is 52.0 Å². The molecule has 1 fully saturated rings. The number of carboxylic acid groups (broad SMARTS) is 1. The van der Waals surface area contributed by atoms with Gasteiger partial charge in [0.25, 0.3) is 0 Å². The molecule has 1 aliphatic heterocycles. The normalized spacial score (nSPS) is 19.5. The standard InChI is InChI=1S/C16H23NO2/c1-12-6-5-8-15(13(12)2)17-11-4-3-7-14(17)9-10-16(18)19/h5-6,8,14H,3-4,7,9-11H2,1-2H3,(H,18,19). The number of aryl methyl sites for hydroxylation is 1. The maximum Gasteiger partial charge on any atom is 0.303 e. The molecule has 1 N–H and O–H groups in total. The number of aliphatic carboxylic acids is 1. The summed E-state index contributed by atoms with van der Waals surface area (Å²) in [4.78, 5) is 13.2. The van der Waals surface area contributed by atoms with Crippen LogP contribution < -0.4 is 4.90 Å². The van der Waals surface area contributed by atoms with Crippen molar-refractivity contribution in [3.05, 3.63) is 29.3 Å². The van der Waals surface area contributed by atoms with Gasteiger partial charge in [-0.3, -0.25) is 4.79 Å². The molecule has 19 heavy (non-hydrogen) atoms. The summed E-state index contributed by atoms with van der Waals surface area (Å²) in [6.45, 7) is 5.34. The molecule has 2 rings (SSSR count). The van der Waals surface area contributed by atoms with Gasteiger partial charge in [-0.2, -0.15) is 0 Å². The van der Waals surface area contributed by atoms with Crippen molar-refractivity contribution in [1.29, 1.82) is 0 Å². The van der Waals surface area contributed by atoms with Gasteiger partial charge in [-0.15, -0.1) is 0 Å². The number of anilines is 1. The first-order valence-corrected chi connectivity index (χ1v) is 7.14. The predicted octanol–water partition coefficient (Wildman–Crippen LogP) is 3.53. The molecule has 1 saturated heterocycles. The second-order valence-corrected chi connectivity index (χ2v) is 5.49. The Morgan fingerprint density at radius 1 is 1.37 bits per heavy atom. The van der Waals surface area contributed by atoms with Crippen LogP contribution in [-0.2, 0) is 4.79 Å². The van der Waals surface area contributed by atoms with Crippen LogP contribution in [-0.4, -0.2) is 23.7 Å². The Labute approximate surface area is 115 Å². The molecule has 1 aromatic carbocycles. The Morgan fingerprint density at radius 2 is 2.16 bits per heavy atom. The molecule has 0 bridgehead atoms. The molecule has 3 heteroatoms. The number of piperidine rings is 1. The van der Waals surface area contributed by atoms with Crippen molar-refractivity contribution in [2.75, 3.05) is 11.4 Å². The van der Waals surface area contributed by atoms with E-state index in [9.17, 15) is 4.79 Å². The Balaban J connectivity index is 2.19. The Morgan fingerprint density at radius 3 is 2.89 bits per heavy atom. The molecule has 1 aromatic rings. The fraction of sp³-hybridized carbons (Fsp3) is 0.562. The maximum atomic E-state index is 10.8. The minimum Gasteiger partial charge on any atom is -0.481 e. The number of benzene rings is 1. The second-order valence-electron chi connectivity index (χ2n) is 5.49. The monoisotopic (exact) mass is 261 g/mol. The molecule has 1 unspecified atom stereocenters.